The largest absolute Gasteiger partial charge is 0.457 e. The van der Waals surface area contributed by atoms with Crippen molar-refractivity contribution >= 4 is 54.6 Å². The number of para-hydroxylation sites is 3. The average molecular weight is 808 g/mol. The minimum Gasteiger partial charge on any atom is -0.457 e. The first-order valence-electron chi connectivity index (χ1n) is 22.1. The van der Waals surface area contributed by atoms with E-state index in [4.69, 9.17) is 14.7 Å². The topological polar surface area (TPSA) is 39.9 Å². The molecule has 1 unspecified atom stereocenters. The number of hydrogen-bond acceptors (Lipinski definition) is 3. The lowest BCUT2D eigenvalue weighted by atomic mass is 9.61. The first-order chi connectivity index (χ1) is 30.9. The van der Waals surface area contributed by atoms with Gasteiger partial charge < -0.3 is 4.74 Å². The zero-order chi connectivity index (χ0) is 41.8. The first-order valence-corrected chi connectivity index (χ1v) is 22.1. The Kier molecular flexibility index (Phi) is 6.73. The van der Waals surface area contributed by atoms with Gasteiger partial charge in [-0.15, -0.1) is 0 Å². The molecule has 10 aromatic rings. The number of nitrogens with zero attached hydrogens (tertiary/aromatic N) is 3. The van der Waals surface area contributed by atoms with Gasteiger partial charge in [-0.2, -0.15) is 0 Å². The van der Waals surface area contributed by atoms with E-state index >= 15 is 0 Å². The van der Waals surface area contributed by atoms with Crippen molar-refractivity contribution in [2.24, 2.45) is 5.41 Å². The third kappa shape index (κ3) is 4.26. The lowest BCUT2D eigenvalue weighted by Crippen LogP contribution is -2.35. The Morgan fingerprint density at radius 2 is 1.13 bits per heavy atom. The van der Waals surface area contributed by atoms with Gasteiger partial charge in [0.05, 0.1) is 27.7 Å². The molecule has 0 N–H and O–H groups in total. The zero-order valence-electron chi connectivity index (χ0n) is 35.3. The molecule has 0 radical (unpaired) electrons. The fraction of sp³-hybridized carbons (Fsp3) is 0.119. The SMILES string of the molecule is CC12CC(c3nc(-n4c5ccc6c(c5c5c7ccccc7ccc54)-c4ccccc4C64c5ccccc5Oc5ccccc54)nc4ccccc34)=CC=C1c1ccccc1C2(C)C. The van der Waals surface area contributed by atoms with E-state index in [0.29, 0.717) is 5.95 Å². The minimum absolute atomic E-state index is 0.0615. The van der Waals surface area contributed by atoms with Crippen LogP contribution in [0.2, 0.25) is 0 Å². The van der Waals surface area contributed by atoms with E-state index in [9.17, 15) is 0 Å². The van der Waals surface area contributed by atoms with Crippen LogP contribution in [0.5, 0.6) is 11.5 Å². The normalized spacial score (nSPS) is 18.3. The van der Waals surface area contributed by atoms with Crippen molar-refractivity contribution in [2.75, 3.05) is 0 Å². The summed E-state index contributed by atoms with van der Waals surface area (Å²) in [6, 6.07) is 61.8. The lowest BCUT2D eigenvalue weighted by molar-refractivity contribution is 0.275. The van der Waals surface area contributed by atoms with Gasteiger partial charge in [0.1, 0.15) is 11.5 Å². The Labute approximate surface area is 365 Å². The van der Waals surface area contributed by atoms with Gasteiger partial charge in [-0.3, -0.25) is 4.57 Å². The summed E-state index contributed by atoms with van der Waals surface area (Å²) in [5, 5.41) is 5.91. The number of rotatable bonds is 2. The summed E-state index contributed by atoms with van der Waals surface area (Å²) in [4.78, 5) is 11.2. The Bertz CT molecular complexity index is 3710. The van der Waals surface area contributed by atoms with Crippen LogP contribution >= 0.6 is 0 Å². The quantitative estimate of drug-likeness (QED) is 0.175. The Morgan fingerprint density at radius 3 is 1.92 bits per heavy atom. The molecule has 4 heteroatoms. The molecule has 8 aromatic carbocycles. The Balaban J connectivity index is 1.08. The van der Waals surface area contributed by atoms with Crippen molar-refractivity contribution in [1.29, 1.82) is 0 Å². The van der Waals surface area contributed by atoms with E-state index < -0.39 is 5.41 Å². The summed E-state index contributed by atoms with van der Waals surface area (Å²) < 4.78 is 9.04. The van der Waals surface area contributed by atoms with Crippen LogP contribution in [-0.4, -0.2) is 14.5 Å². The molecule has 1 aliphatic heterocycles. The molecule has 3 aliphatic carbocycles. The number of allylic oxidation sites excluding steroid dienone is 4. The monoisotopic (exact) mass is 807 g/mol. The van der Waals surface area contributed by atoms with Crippen LogP contribution in [-0.2, 0) is 10.8 Å². The molecule has 1 spiro atoms. The molecule has 14 rings (SSSR count). The van der Waals surface area contributed by atoms with Crippen LogP contribution < -0.4 is 4.74 Å². The highest BCUT2D eigenvalue weighted by molar-refractivity contribution is 6.26. The second-order valence-electron chi connectivity index (χ2n) is 18.6. The summed E-state index contributed by atoms with van der Waals surface area (Å²) in [5.74, 6) is 2.46. The molecule has 298 valence electrons. The lowest BCUT2D eigenvalue weighted by Gasteiger charge is -2.42. The highest BCUT2D eigenvalue weighted by Gasteiger charge is 2.54. The third-order valence-corrected chi connectivity index (χ3v) is 15.6. The van der Waals surface area contributed by atoms with Crippen molar-refractivity contribution < 1.29 is 4.74 Å². The van der Waals surface area contributed by atoms with Crippen LogP contribution in [0, 0.1) is 5.41 Å². The van der Waals surface area contributed by atoms with E-state index in [-0.39, 0.29) is 10.8 Å². The van der Waals surface area contributed by atoms with Gasteiger partial charge in [0, 0.05) is 38.1 Å². The fourth-order valence-electron chi connectivity index (χ4n) is 12.4. The zero-order valence-corrected chi connectivity index (χ0v) is 35.3. The molecule has 4 nitrogen and oxygen atoms in total. The van der Waals surface area contributed by atoms with Crippen molar-refractivity contribution in [3.63, 3.8) is 0 Å². The number of ether oxygens (including phenoxy) is 1. The number of benzene rings is 8. The summed E-state index contributed by atoms with van der Waals surface area (Å²) in [5.41, 5.74) is 16.1. The highest BCUT2D eigenvalue weighted by Crippen LogP contribution is 2.65. The molecule has 63 heavy (non-hydrogen) atoms. The maximum Gasteiger partial charge on any atom is 0.235 e. The van der Waals surface area contributed by atoms with Crippen LogP contribution in [0.1, 0.15) is 66.3 Å². The van der Waals surface area contributed by atoms with Gasteiger partial charge in [-0.25, -0.2) is 9.97 Å². The maximum absolute atomic E-state index is 6.70. The van der Waals surface area contributed by atoms with Crippen LogP contribution in [0.15, 0.2) is 182 Å². The molecule has 0 amide bonds. The minimum atomic E-state index is -0.583. The third-order valence-electron chi connectivity index (χ3n) is 15.6. The summed E-state index contributed by atoms with van der Waals surface area (Å²) >= 11 is 0. The standard InChI is InChI=1S/C59H41N3O/c1-57(2)41-21-9-6-18-38(41)42-30-28-36(34-58(42,57)3)55-40-20-8-13-25-47(40)60-56(61-55)62-48-32-29-35-16-4-5-17-37(35)53(48)54-49(62)33-31-46-52(54)39-19-7-10-22-43(39)59(46)44-23-11-14-26-50(44)63-51-27-15-12-24-45(51)59/h4-33H,34H2,1-3H3. The molecule has 3 heterocycles. The van der Waals surface area contributed by atoms with Gasteiger partial charge in [0.25, 0.3) is 0 Å². The predicted octanol–water partition coefficient (Wildman–Crippen LogP) is 14.5. The van der Waals surface area contributed by atoms with Crippen LogP contribution in [0.25, 0.3) is 71.7 Å². The molecule has 0 saturated carbocycles. The summed E-state index contributed by atoms with van der Waals surface area (Å²) in [6.07, 6.45) is 5.58. The van der Waals surface area contributed by atoms with Gasteiger partial charge in [-0.05, 0) is 92.1 Å². The maximum atomic E-state index is 6.70. The van der Waals surface area contributed by atoms with Crippen molar-refractivity contribution in [1.82, 2.24) is 14.5 Å². The summed E-state index contributed by atoms with van der Waals surface area (Å²) in [6.45, 7) is 7.29. The number of aromatic nitrogens is 3. The number of fused-ring (bicyclic) bond motifs is 19. The molecule has 0 saturated heterocycles. The average Bonchev–Trinajstić information content (AvgIpc) is 3.88. The smallest absolute Gasteiger partial charge is 0.235 e. The Morgan fingerprint density at radius 1 is 0.508 bits per heavy atom. The molecule has 4 aliphatic rings. The second kappa shape index (κ2) is 12.1. The van der Waals surface area contributed by atoms with E-state index in [0.717, 1.165) is 56.7 Å². The Hall–Kier alpha value is -7.56. The molecular weight excluding hydrogens is 767 g/mol. The van der Waals surface area contributed by atoms with E-state index in [1.54, 1.807) is 0 Å². The van der Waals surface area contributed by atoms with Crippen molar-refractivity contribution in [2.45, 2.75) is 38.0 Å². The van der Waals surface area contributed by atoms with Crippen molar-refractivity contribution in [3.8, 4) is 28.6 Å². The van der Waals surface area contributed by atoms with Gasteiger partial charge in [-0.1, -0.05) is 172 Å². The fourth-order valence-corrected chi connectivity index (χ4v) is 12.4. The van der Waals surface area contributed by atoms with Crippen molar-refractivity contribution in [3.05, 3.63) is 221 Å². The predicted molar refractivity (Wildman–Crippen MR) is 257 cm³/mol. The van der Waals surface area contributed by atoms with E-state index in [1.165, 1.54) is 66.1 Å². The first kappa shape index (κ1) is 35.1. The summed E-state index contributed by atoms with van der Waals surface area (Å²) in [7, 11) is 0. The van der Waals surface area contributed by atoms with Crippen LogP contribution in [0.3, 0.4) is 0 Å². The molecular formula is C59H41N3O. The second-order valence-corrected chi connectivity index (χ2v) is 18.6. The van der Waals surface area contributed by atoms with E-state index in [1.807, 2.05) is 0 Å². The van der Waals surface area contributed by atoms with Gasteiger partial charge in [0.15, 0.2) is 0 Å². The molecule has 0 bridgehead atoms. The molecule has 2 aromatic heterocycles. The number of hydrogen-bond donors (Lipinski definition) is 0. The van der Waals surface area contributed by atoms with Crippen LogP contribution in [0.4, 0.5) is 0 Å². The van der Waals surface area contributed by atoms with E-state index in [2.05, 4.69) is 207 Å². The van der Waals surface area contributed by atoms with Gasteiger partial charge in [0.2, 0.25) is 5.95 Å². The highest BCUT2D eigenvalue weighted by atomic mass is 16.5. The molecule has 0 fully saturated rings. The van der Waals surface area contributed by atoms with Gasteiger partial charge >= 0.3 is 0 Å². The molecule has 1 atom stereocenters.